The van der Waals surface area contributed by atoms with Crippen LogP contribution in [-0.2, 0) is 14.3 Å². The molecule has 1 N–H and O–H groups in total. The highest BCUT2D eigenvalue weighted by Gasteiger charge is 2.28. The predicted molar refractivity (Wildman–Crippen MR) is 55.3 cm³/mol. The Hall–Kier alpha value is -0.870. The van der Waals surface area contributed by atoms with Crippen molar-refractivity contribution in [1.29, 1.82) is 0 Å². The molecule has 1 heterocycles. The van der Waals surface area contributed by atoms with E-state index in [1.807, 2.05) is 0 Å². The minimum Gasteiger partial charge on any atom is -0.466 e. The van der Waals surface area contributed by atoms with E-state index in [9.17, 15) is 9.90 Å². The van der Waals surface area contributed by atoms with E-state index in [0.717, 1.165) is 0 Å². The highest BCUT2D eigenvalue weighted by atomic mass is 16.5. The van der Waals surface area contributed by atoms with Gasteiger partial charge < -0.3 is 14.6 Å². The maximum atomic E-state index is 11.2. The Kier molecular flexibility index (Phi) is 4.78. The van der Waals surface area contributed by atoms with Crippen molar-refractivity contribution in [1.82, 2.24) is 0 Å². The molecule has 1 aliphatic rings. The van der Waals surface area contributed by atoms with E-state index in [0.29, 0.717) is 19.4 Å². The fourth-order valence-electron chi connectivity index (χ4n) is 1.72. The molecule has 1 aliphatic heterocycles. The van der Waals surface area contributed by atoms with Crippen molar-refractivity contribution in [3.8, 4) is 0 Å². The number of carbonyl (C=O) groups excluding carboxylic acids is 1. The van der Waals surface area contributed by atoms with Gasteiger partial charge in [-0.15, -0.1) is 6.58 Å². The number of aliphatic hydroxyl groups is 1. The smallest absolute Gasteiger partial charge is 0.308 e. The Morgan fingerprint density at radius 3 is 3.00 bits per heavy atom. The molecule has 4 nitrogen and oxygen atoms in total. The average Bonchev–Trinajstić information content (AvgIpc) is 2.17. The molecule has 86 valence electrons. The van der Waals surface area contributed by atoms with Gasteiger partial charge >= 0.3 is 5.97 Å². The van der Waals surface area contributed by atoms with Crippen LogP contribution in [0.25, 0.3) is 0 Å². The number of aliphatic hydroxyl groups excluding tert-OH is 1. The second-order valence-electron chi connectivity index (χ2n) is 3.67. The molecule has 3 atom stereocenters. The molecular weight excluding hydrogens is 196 g/mol. The molecule has 4 heteroatoms. The van der Waals surface area contributed by atoms with E-state index in [1.165, 1.54) is 0 Å². The van der Waals surface area contributed by atoms with E-state index in [1.54, 1.807) is 13.0 Å². The summed E-state index contributed by atoms with van der Waals surface area (Å²) in [6.45, 7) is 5.76. The maximum absolute atomic E-state index is 11.2. The van der Waals surface area contributed by atoms with Gasteiger partial charge in [0, 0.05) is 12.8 Å². The SMILES string of the molecule is C=C[C@H]1C[C@@H](O)C[C@@H](CC(=O)OCC)O1. The lowest BCUT2D eigenvalue weighted by Gasteiger charge is -2.31. The number of hydrogen-bond donors (Lipinski definition) is 1. The fraction of sp³-hybridized carbons (Fsp3) is 0.727. The fourth-order valence-corrected chi connectivity index (χ4v) is 1.72. The lowest BCUT2D eigenvalue weighted by Crippen LogP contribution is -2.36. The third kappa shape index (κ3) is 4.01. The van der Waals surface area contributed by atoms with Crippen molar-refractivity contribution in [3.63, 3.8) is 0 Å². The first-order chi connectivity index (χ1) is 7.15. The largest absolute Gasteiger partial charge is 0.466 e. The van der Waals surface area contributed by atoms with Crippen LogP contribution in [0.3, 0.4) is 0 Å². The van der Waals surface area contributed by atoms with Gasteiger partial charge in [0.1, 0.15) is 0 Å². The zero-order valence-electron chi connectivity index (χ0n) is 9.02. The zero-order valence-corrected chi connectivity index (χ0v) is 9.02. The molecule has 0 aliphatic carbocycles. The molecule has 1 rings (SSSR count). The van der Waals surface area contributed by atoms with Gasteiger partial charge in [0.15, 0.2) is 0 Å². The van der Waals surface area contributed by atoms with Crippen molar-refractivity contribution in [2.75, 3.05) is 6.61 Å². The van der Waals surface area contributed by atoms with Crippen LogP contribution in [0.4, 0.5) is 0 Å². The van der Waals surface area contributed by atoms with Crippen LogP contribution in [0.5, 0.6) is 0 Å². The van der Waals surface area contributed by atoms with Crippen LogP contribution in [0, 0.1) is 0 Å². The molecule has 0 bridgehead atoms. The number of hydrogen-bond acceptors (Lipinski definition) is 4. The van der Waals surface area contributed by atoms with Crippen LogP contribution >= 0.6 is 0 Å². The molecule has 0 aromatic rings. The first kappa shape index (κ1) is 12.2. The van der Waals surface area contributed by atoms with E-state index in [2.05, 4.69) is 6.58 Å². The van der Waals surface area contributed by atoms with Gasteiger partial charge in [-0.25, -0.2) is 0 Å². The molecule has 1 saturated heterocycles. The van der Waals surface area contributed by atoms with Gasteiger partial charge in [-0.05, 0) is 6.92 Å². The van der Waals surface area contributed by atoms with Gasteiger partial charge in [0.05, 0.1) is 31.3 Å². The quantitative estimate of drug-likeness (QED) is 0.561. The van der Waals surface area contributed by atoms with Gasteiger partial charge in [-0.1, -0.05) is 6.08 Å². The van der Waals surface area contributed by atoms with Crippen molar-refractivity contribution >= 4 is 5.97 Å². The lowest BCUT2D eigenvalue weighted by molar-refractivity contribution is -0.150. The molecular formula is C11H18O4. The summed E-state index contributed by atoms with van der Waals surface area (Å²) >= 11 is 0. The topological polar surface area (TPSA) is 55.8 Å². The number of esters is 1. The van der Waals surface area contributed by atoms with Crippen LogP contribution in [0.1, 0.15) is 26.2 Å². The predicted octanol–water partition coefficient (Wildman–Crippen LogP) is 1.03. The van der Waals surface area contributed by atoms with E-state index in [-0.39, 0.29) is 24.6 Å². The molecule has 0 unspecified atom stereocenters. The molecule has 0 saturated carbocycles. The number of carbonyl (C=O) groups is 1. The van der Waals surface area contributed by atoms with Crippen LogP contribution in [0.15, 0.2) is 12.7 Å². The van der Waals surface area contributed by atoms with Crippen molar-refractivity contribution in [2.24, 2.45) is 0 Å². The van der Waals surface area contributed by atoms with Gasteiger partial charge in [-0.2, -0.15) is 0 Å². The number of ether oxygens (including phenoxy) is 2. The van der Waals surface area contributed by atoms with Gasteiger partial charge in [0.25, 0.3) is 0 Å². The summed E-state index contributed by atoms with van der Waals surface area (Å²) in [5.41, 5.74) is 0. The monoisotopic (exact) mass is 214 g/mol. The molecule has 0 radical (unpaired) electrons. The summed E-state index contributed by atoms with van der Waals surface area (Å²) < 4.78 is 10.4. The standard InChI is InChI=1S/C11H18O4/c1-3-9-5-8(12)6-10(15-9)7-11(13)14-4-2/h3,8-10,12H,1,4-7H2,2H3/t8-,9+,10+/m1/s1. The number of rotatable bonds is 4. The van der Waals surface area contributed by atoms with Gasteiger partial charge in [-0.3, -0.25) is 4.79 Å². The minimum absolute atomic E-state index is 0.159. The summed E-state index contributed by atoms with van der Waals surface area (Å²) in [6.07, 6.45) is 2.08. The van der Waals surface area contributed by atoms with Crippen molar-refractivity contribution in [3.05, 3.63) is 12.7 Å². The average molecular weight is 214 g/mol. The summed E-state index contributed by atoms with van der Waals surface area (Å²) in [7, 11) is 0. The third-order valence-corrected chi connectivity index (χ3v) is 2.37. The first-order valence-electron chi connectivity index (χ1n) is 5.27. The Bertz CT molecular complexity index is 227. The Labute approximate surface area is 89.9 Å². The van der Waals surface area contributed by atoms with Crippen molar-refractivity contribution in [2.45, 2.75) is 44.5 Å². The summed E-state index contributed by atoms with van der Waals surface area (Å²) in [4.78, 5) is 11.2. The van der Waals surface area contributed by atoms with Crippen LogP contribution in [-0.4, -0.2) is 36.0 Å². The highest BCUT2D eigenvalue weighted by Crippen LogP contribution is 2.22. The second-order valence-corrected chi connectivity index (χ2v) is 3.67. The van der Waals surface area contributed by atoms with E-state index >= 15 is 0 Å². The van der Waals surface area contributed by atoms with E-state index in [4.69, 9.17) is 9.47 Å². The molecule has 1 fully saturated rings. The van der Waals surface area contributed by atoms with Crippen LogP contribution < -0.4 is 0 Å². The Morgan fingerprint density at radius 2 is 2.40 bits per heavy atom. The molecule has 0 spiro atoms. The van der Waals surface area contributed by atoms with Gasteiger partial charge in [0.2, 0.25) is 0 Å². The molecule has 0 aromatic carbocycles. The molecule has 0 aromatic heterocycles. The molecule has 15 heavy (non-hydrogen) atoms. The Balaban J connectivity index is 2.40. The van der Waals surface area contributed by atoms with E-state index < -0.39 is 6.10 Å². The Morgan fingerprint density at radius 1 is 1.67 bits per heavy atom. The highest BCUT2D eigenvalue weighted by molar-refractivity contribution is 5.69. The third-order valence-electron chi connectivity index (χ3n) is 2.37. The molecule has 0 amide bonds. The zero-order chi connectivity index (χ0) is 11.3. The summed E-state index contributed by atoms with van der Waals surface area (Å²) in [5, 5.41) is 9.54. The maximum Gasteiger partial charge on any atom is 0.308 e. The first-order valence-corrected chi connectivity index (χ1v) is 5.27. The minimum atomic E-state index is -0.416. The summed E-state index contributed by atoms with van der Waals surface area (Å²) in [6, 6.07) is 0. The van der Waals surface area contributed by atoms with Crippen molar-refractivity contribution < 1.29 is 19.4 Å². The van der Waals surface area contributed by atoms with Crippen LogP contribution in [0.2, 0.25) is 0 Å². The second kappa shape index (κ2) is 5.88. The normalized spacial score (nSPS) is 30.9. The lowest BCUT2D eigenvalue weighted by atomic mass is 9.99. The summed E-state index contributed by atoms with van der Waals surface area (Å²) in [5.74, 6) is -0.278.